The molecule has 2 N–H and O–H groups in total. The lowest BCUT2D eigenvalue weighted by atomic mass is 9.78. The van der Waals surface area contributed by atoms with Gasteiger partial charge >= 0.3 is 0 Å². The Morgan fingerprint density at radius 2 is 1.62 bits per heavy atom. The Balaban J connectivity index is 2.10. The van der Waals surface area contributed by atoms with E-state index in [9.17, 15) is 19.8 Å². The second-order valence-corrected chi connectivity index (χ2v) is 5.78. The predicted molar refractivity (Wildman–Crippen MR) is 83.0 cm³/mol. The first-order valence-electron chi connectivity index (χ1n) is 7.49. The third kappa shape index (κ3) is 1.80. The quantitative estimate of drug-likeness (QED) is 0.664. The molecule has 6 heteroatoms. The van der Waals surface area contributed by atoms with E-state index < -0.39 is 11.6 Å². The number of hydrogen-bond acceptors (Lipinski definition) is 6. The van der Waals surface area contributed by atoms with Gasteiger partial charge in [-0.3, -0.25) is 9.59 Å². The highest BCUT2D eigenvalue weighted by Gasteiger charge is 2.39. The summed E-state index contributed by atoms with van der Waals surface area (Å²) in [4.78, 5) is 26.0. The minimum Gasteiger partial charge on any atom is -0.507 e. The number of phenols is 2. The molecule has 0 bridgehead atoms. The molecule has 0 spiro atoms. The highest BCUT2D eigenvalue weighted by molar-refractivity contribution is 6.31. The Morgan fingerprint density at radius 3 is 2.25 bits per heavy atom. The summed E-state index contributed by atoms with van der Waals surface area (Å²) >= 11 is 0. The molecule has 4 rings (SSSR count). The van der Waals surface area contributed by atoms with Crippen molar-refractivity contribution >= 4 is 11.6 Å². The van der Waals surface area contributed by atoms with Crippen LogP contribution in [0.1, 0.15) is 43.0 Å². The maximum Gasteiger partial charge on any atom is 0.202 e. The Labute approximate surface area is 137 Å². The highest BCUT2D eigenvalue weighted by atomic mass is 16.5. The van der Waals surface area contributed by atoms with Gasteiger partial charge < -0.3 is 19.7 Å². The van der Waals surface area contributed by atoms with Crippen LogP contribution in [-0.2, 0) is 17.8 Å². The average molecular weight is 326 g/mol. The van der Waals surface area contributed by atoms with Gasteiger partial charge in [0.2, 0.25) is 5.78 Å². The molecule has 0 amide bonds. The van der Waals surface area contributed by atoms with Crippen molar-refractivity contribution in [2.75, 3.05) is 13.7 Å². The van der Waals surface area contributed by atoms with Crippen molar-refractivity contribution < 1.29 is 29.3 Å². The molecule has 24 heavy (non-hydrogen) atoms. The third-order valence-electron chi connectivity index (χ3n) is 4.54. The van der Waals surface area contributed by atoms with Gasteiger partial charge in [-0.2, -0.15) is 0 Å². The van der Waals surface area contributed by atoms with Crippen molar-refractivity contribution in [2.24, 2.45) is 0 Å². The van der Waals surface area contributed by atoms with Crippen molar-refractivity contribution in [3.63, 3.8) is 0 Å². The van der Waals surface area contributed by atoms with Gasteiger partial charge in [0.1, 0.15) is 17.2 Å². The van der Waals surface area contributed by atoms with Gasteiger partial charge in [-0.05, 0) is 35.7 Å². The Kier molecular flexibility index (Phi) is 3.11. The van der Waals surface area contributed by atoms with E-state index in [1.807, 2.05) is 0 Å². The van der Waals surface area contributed by atoms with Crippen LogP contribution in [0.25, 0.3) is 0 Å². The summed E-state index contributed by atoms with van der Waals surface area (Å²) in [6.07, 6.45) is 0.610. The molecule has 0 saturated carbocycles. The molecule has 2 aromatic rings. The molecule has 0 unspecified atom stereocenters. The molecule has 0 atom stereocenters. The van der Waals surface area contributed by atoms with Crippen LogP contribution in [-0.4, -0.2) is 35.5 Å². The lowest BCUT2D eigenvalue weighted by Gasteiger charge is -2.27. The number of fused-ring (bicyclic) bond motifs is 4. The zero-order valence-electron chi connectivity index (χ0n) is 12.9. The van der Waals surface area contributed by atoms with Gasteiger partial charge in [0, 0.05) is 5.56 Å². The van der Waals surface area contributed by atoms with Gasteiger partial charge in [0.05, 0.1) is 37.0 Å². The monoisotopic (exact) mass is 326 g/mol. The van der Waals surface area contributed by atoms with Crippen LogP contribution in [0, 0.1) is 0 Å². The first-order valence-corrected chi connectivity index (χ1v) is 7.49. The molecule has 122 valence electrons. The van der Waals surface area contributed by atoms with Crippen LogP contribution >= 0.6 is 0 Å². The SMILES string of the molecule is COc1cc2c(c3c1C(=O)c1c(O)ccc(O)c1C3=O)COCC2. The van der Waals surface area contributed by atoms with Crippen LogP contribution in [0.5, 0.6) is 17.2 Å². The number of ether oxygens (including phenoxy) is 2. The number of rotatable bonds is 1. The third-order valence-corrected chi connectivity index (χ3v) is 4.54. The Bertz CT molecular complexity index is 912. The number of benzene rings is 2. The molecular weight excluding hydrogens is 312 g/mol. The van der Waals surface area contributed by atoms with E-state index in [-0.39, 0.29) is 46.1 Å². The van der Waals surface area contributed by atoms with Crippen LogP contribution in [0.4, 0.5) is 0 Å². The van der Waals surface area contributed by atoms with E-state index in [0.29, 0.717) is 18.6 Å². The summed E-state index contributed by atoms with van der Waals surface area (Å²) in [6.45, 7) is 0.745. The summed E-state index contributed by atoms with van der Waals surface area (Å²) in [7, 11) is 1.43. The average Bonchev–Trinajstić information content (AvgIpc) is 2.59. The van der Waals surface area contributed by atoms with Crippen molar-refractivity contribution in [1.29, 1.82) is 0 Å². The van der Waals surface area contributed by atoms with Gasteiger partial charge in [0.25, 0.3) is 0 Å². The molecule has 1 aliphatic heterocycles. The molecule has 0 aromatic heterocycles. The molecule has 1 aliphatic carbocycles. The van der Waals surface area contributed by atoms with Crippen molar-refractivity contribution in [3.8, 4) is 17.2 Å². The molecule has 2 aliphatic rings. The largest absolute Gasteiger partial charge is 0.507 e. The predicted octanol–water partition coefficient (Wildman–Crippen LogP) is 1.95. The lowest BCUT2D eigenvalue weighted by molar-refractivity contribution is 0.0946. The van der Waals surface area contributed by atoms with Gasteiger partial charge in [-0.15, -0.1) is 0 Å². The maximum absolute atomic E-state index is 13.0. The molecular formula is C18H14O6. The fraction of sp³-hybridized carbons (Fsp3) is 0.222. The minimum atomic E-state index is -0.543. The number of carbonyl (C=O) groups is 2. The highest BCUT2D eigenvalue weighted by Crippen LogP contribution is 2.43. The number of phenolic OH excluding ortho intramolecular Hbond substituents is 2. The molecule has 0 radical (unpaired) electrons. The standard InChI is InChI=1S/C18H14O6/c1-23-12-6-8-4-5-24-7-9(8)13-16(12)18(22)15-11(20)3-2-10(19)14(15)17(13)21/h2-3,6,19-20H,4-5,7H2,1H3. The number of ketones is 2. The van der Waals surface area contributed by atoms with Crippen LogP contribution < -0.4 is 4.74 Å². The Hall–Kier alpha value is -2.86. The van der Waals surface area contributed by atoms with Crippen molar-refractivity contribution in [1.82, 2.24) is 0 Å². The fourth-order valence-electron chi connectivity index (χ4n) is 3.42. The minimum absolute atomic E-state index is 0.111. The van der Waals surface area contributed by atoms with E-state index in [1.54, 1.807) is 6.07 Å². The van der Waals surface area contributed by atoms with E-state index in [1.165, 1.54) is 19.2 Å². The molecule has 6 nitrogen and oxygen atoms in total. The topological polar surface area (TPSA) is 93.1 Å². The van der Waals surface area contributed by atoms with E-state index in [4.69, 9.17) is 9.47 Å². The first kappa shape index (κ1) is 14.7. The smallest absolute Gasteiger partial charge is 0.202 e. The maximum atomic E-state index is 13.0. The van der Waals surface area contributed by atoms with Gasteiger partial charge in [-0.1, -0.05) is 0 Å². The van der Waals surface area contributed by atoms with E-state index in [0.717, 1.165) is 5.56 Å². The second kappa shape index (κ2) is 5.07. The molecule has 2 aromatic carbocycles. The number of carbonyl (C=O) groups excluding carboxylic acids is 2. The van der Waals surface area contributed by atoms with Crippen molar-refractivity contribution in [3.05, 3.63) is 51.6 Å². The second-order valence-electron chi connectivity index (χ2n) is 5.78. The molecule has 1 heterocycles. The van der Waals surface area contributed by atoms with Gasteiger partial charge in [-0.25, -0.2) is 0 Å². The number of aromatic hydroxyl groups is 2. The van der Waals surface area contributed by atoms with Crippen molar-refractivity contribution in [2.45, 2.75) is 13.0 Å². The summed E-state index contributed by atoms with van der Waals surface area (Å²) < 4.78 is 10.8. The fourth-order valence-corrected chi connectivity index (χ4v) is 3.42. The Morgan fingerprint density at radius 1 is 1.00 bits per heavy atom. The summed E-state index contributed by atoms with van der Waals surface area (Å²) in [5.74, 6) is -1.44. The number of hydrogen-bond donors (Lipinski definition) is 2. The van der Waals surface area contributed by atoms with E-state index in [2.05, 4.69) is 0 Å². The molecule has 0 saturated heterocycles. The summed E-state index contributed by atoms with van der Waals surface area (Å²) in [6, 6.07) is 4.14. The van der Waals surface area contributed by atoms with Crippen LogP contribution in [0.2, 0.25) is 0 Å². The van der Waals surface area contributed by atoms with Crippen LogP contribution in [0.3, 0.4) is 0 Å². The zero-order chi connectivity index (χ0) is 17.0. The summed E-state index contributed by atoms with van der Waals surface area (Å²) in [5.41, 5.74) is 1.48. The first-order chi connectivity index (χ1) is 11.5. The summed E-state index contributed by atoms with van der Waals surface area (Å²) in [5, 5.41) is 20.1. The van der Waals surface area contributed by atoms with Gasteiger partial charge in [0.15, 0.2) is 5.78 Å². The normalized spacial score (nSPS) is 15.5. The lowest BCUT2D eigenvalue weighted by Crippen LogP contribution is -2.26. The van der Waals surface area contributed by atoms with Crippen LogP contribution in [0.15, 0.2) is 18.2 Å². The van der Waals surface area contributed by atoms with E-state index >= 15 is 0 Å². The zero-order valence-corrected chi connectivity index (χ0v) is 12.9. The molecule has 0 fully saturated rings. The number of methoxy groups -OCH3 is 1.